The maximum Gasteiger partial charge on any atom is 0.230 e. The molecule has 4 nitrogen and oxygen atoms in total. The molecule has 1 aliphatic rings. The van der Waals surface area contributed by atoms with Gasteiger partial charge in [-0.3, -0.25) is 4.79 Å². The monoisotopic (exact) mass is 360 g/mol. The van der Waals surface area contributed by atoms with Crippen LogP contribution in [0.25, 0.3) is 0 Å². The van der Waals surface area contributed by atoms with Gasteiger partial charge in [-0.2, -0.15) is 5.26 Å². The second-order valence-corrected chi connectivity index (χ2v) is 8.43. The van der Waals surface area contributed by atoms with Crippen LogP contribution in [0.2, 0.25) is 0 Å². The van der Waals surface area contributed by atoms with Crippen LogP contribution in [-0.4, -0.2) is 19.5 Å². The molecule has 0 fully saturated rings. The summed E-state index contributed by atoms with van der Waals surface area (Å²) in [7, 11) is 2.11. The number of hydrogen-bond acceptors (Lipinski definition) is 4. The summed E-state index contributed by atoms with van der Waals surface area (Å²) in [6.45, 7) is 1.73. The molecule has 1 atom stereocenters. The van der Waals surface area contributed by atoms with E-state index in [1.807, 2.05) is 0 Å². The molecule has 0 bridgehead atoms. The Bertz CT molecular complexity index is 743. The van der Waals surface area contributed by atoms with E-state index in [0.717, 1.165) is 37.4 Å². The van der Waals surface area contributed by atoms with Gasteiger partial charge in [-0.1, -0.05) is 6.07 Å². The van der Waals surface area contributed by atoms with Crippen molar-refractivity contribution in [1.29, 1.82) is 5.26 Å². The number of nitrogens with one attached hydrogen (secondary N) is 2. The zero-order chi connectivity index (χ0) is 16.9. The Kier molecular flexibility index (Phi) is 5.67. The van der Waals surface area contributed by atoms with Crippen LogP contribution in [0.15, 0.2) is 17.5 Å². The van der Waals surface area contributed by atoms with Gasteiger partial charge in [0.05, 0.1) is 30.5 Å². The number of hydrogen-bond donors (Lipinski definition) is 2. The Morgan fingerprint density at radius 2 is 2.25 bits per heavy atom. The maximum absolute atomic E-state index is 12.3. The van der Waals surface area contributed by atoms with Crippen molar-refractivity contribution in [2.24, 2.45) is 0 Å². The lowest BCUT2D eigenvalue weighted by Gasteiger charge is -2.12. The number of thiophene rings is 2. The predicted octanol–water partition coefficient (Wildman–Crippen LogP) is 2.60. The van der Waals surface area contributed by atoms with E-state index in [2.05, 4.69) is 35.9 Å². The van der Waals surface area contributed by atoms with Crippen molar-refractivity contribution >= 4 is 33.6 Å². The van der Waals surface area contributed by atoms with E-state index in [4.69, 9.17) is 0 Å². The number of fused-ring (bicyclic) bond motifs is 1. The molecule has 2 heterocycles. The summed E-state index contributed by atoms with van der Waals surface area (Å²) in [6.07, 6.45) is 4.81. The second kappa shape index (κ2) is 7.93. The van der Waals surface area contributed by atoms with Crippen LogP contribution in [0, 0.1) is 11.3 Å². The topological polar surface area (TPSA) is 57.3 Å². The highest BCUT2D eigenvalue weighted by Gasteiger charge is 2.22. The highest BCUT2D eigenvalue weighted by molar-refractivity contribution is 7.16. The fourth-order valence-electron chi connectivity index (χ4n) is 3.09. The number of rotatable bonds is 6. The molecule has 2 N–H and O–H groups in total. The Labute approximate surface area is 150 Å². The predicted molar refractivity (Wildman–Crippen MR) is 98.7 cm³/mol. The standard InChI is InChI=1S/C18H21N3OS2/c1-21(12-13-5-4-10-23-13)9-8-17(22)20-18-15(11-19)14-6-2-3-7-16(14)24-18/h4-5,10H,2-3,6-9,12H2,1H3,(H,20,22)/p+1. The first-order valence-corrected chi connectivity index (χ1v) is 10.0. The molecule has 0 radical (unpaired) electrons. The quantitative estimate of drug-likeness (QED) is 0.832. The van der Waals surface area contributed by atoms with Gasteiger partial charge in [0.1, 0.15) is 17.6 Å². The van der Waals surface area contributed by atoms with E-state index < -0.39 is 0 Å². The number of anilines is 1. The van der Waals surface area contributed by atoms with E-state index in [1.54, 1.807) is 22.7 Å². The third kappa shape index (κ3) is 4.04. The van der Waals surface area contributed by atoms with Crippen LogP contribution >= 0.6 is 22.7 Å². The van der Waals surface area contributed by atoms with Gasteiger partial charge in [0.15, 0.2) is 0 Å². The second-order valence-electron chi connectivity index (χ2n) is 6.29. The van der Waals surface area contributed by atoms with Crippen LogP contribution in [0.5, 0.6) is 0 Å². The molecule has 24 heavy (non-hydrogen) atoms. The molecule has 1 aliphatic carbocycles. The molecule has 0 spiro atoms. The molecule has 1 unspecified atom stereocenters. The zero-order valence-electron chi connectivity index (χ0n) is 13.9. The Morgan fingerprint density at radius 1 is 1.42 bits per heavy atom. The van der Waals surface area contributed by atoms with E-state index in [9.17, 15) is 10.1 Å². The van der Waals surface area contributed by atoms with E-state index in [1.165, 1.54) is 26.6 Å². The van der Waals surface area contributed by atoms with Gasteiger partial charge >= 0.3 is 0 Å². The first kappa shape index (κ1) is 17.2. The molecule has 1 amide bonds. The molecular formula is C18H22N3OS2+. The average Bonchev–Trinajstić information content (AvgIpc) is 3.19. The SMILES string of the molecule is C[NH+](CCC(=O)Nc1sc2c(c1C#N)CCCC2)Cc1cccs1. The van der Waals surface area contributed by atoms with Crippen molar-refractivity contribution in [2.75, 3.05) is 18.9 Å². The van der Waals surface area contributed by atoms with Gasteiger partial charge in [0.2, 0.25) is 5.91 Å². The van der Waals surface area contributed by atoms with Gasteiger partial charge in [0, 0.05) is 4.88 Å². The molecule has 2 aromatic rings. The summed E-state index contributed by atoms with van der Waals surface area (Å²) < 4.78 is 0. The first-order valence-electron chi connectivity index (χ1n) is 8.35. The Morgan fingerprint density at radius 3 is 3.00 bits per heavy atom. The summed E-state index contributed by atoms with van der Waals surface area (Å²) in [4.78, 5) is 16.2. The minimum atomic E-state index is 0.00984. The van der Waals surface area contributed by atoms with Crippen molar-refractivity contribution in [3.8, 4) is 6.07 Å². The summed E-state index contributed by atoms with van der Waals surface area (Å²) in [5.74, 6) is 0.00984. The number of carbonyl (C=O) groups is 1. The summed E-state index contributed by atoms with van der Waals surface area (Å²) >= 11 is 3.35. The normalized spacial score (nSPS) is 14.7. The molecule has 0 aromatic carbocycles. The molecule has 0 aliphatic heterocycles. The van der Waals surface area contributed by atoms with E-state index in [0.29, 0.717) is 12.0 Å². The van der Waals surface area contributed by atoms with Crippen LogP contribution < -0.4 is 10.2 Å². The Balaban J connectivity index is 1.55. The first-order chi connectivity index (χ1) is 11.7. The number of nitrogens with zero attached hydrogens (tertiary/aromatic N) is 1. The average molecular weight is 361 g/mol. The number of aryl methyl sites for hydroxylation is 1. The lowest BCUT2D eigenvalue weighted by Crippen LogP contribution is -3.07. The minimum absolute atomic E-state index is 0.00984. The summed E-state index contributed by atoms with van der Waals surface area (Å²) in [5.41, 5.74) is 1.87. The van der Waals surface area contributed by atoms with Crippen molar-refractivity contribution < 1.29 is 9.69 Å². The number of carbonyl (C=O) groups excluding carboxylic acids is 1. The number of amides is 1. The number of quaternary nitrogens is 1. The molecule has 6 heteroatoms. The molecule has 0 saturated heterocycles. The van der Waals surface area contributed by atoms with Crippen LogP contribution in [0.4, 0.5) is 5.00 Å². The van der Waals surface area contributed by atoms with E-state index >= 15 is 0 Å². The lowest BCUT2D eigenvalue weighted by molar-refractivity contribution is -0.892. The van der Waals surface area contributed by atoms with Gasteiger partial charge in [-0.05, 0) is 42.7 Å². The molecular weight excluding hydrogens is 338 g/mol. The molecule has 3 rings (SSSR count). The fraction of sp³-hybridized carbons (Fsp3) is 0.444. The highest BCUT2D eigenvalue weighted by Crippen LogP contribution is 2.37. The van der Waals surface area contributed by atoms with Crippen LogP contribution in [0.3, 0.4) is 0 Å². The lowest BCUT2D eigenvalue weighted by atomic mass is 9.96. The van der Waals surface area contributed by atoms with Crippen molar-refractivity contribution in [3.63, 3.8) is 0 Å². The fourth-order valence-corrected chi connectivity index (χ4v) is 5.16. The molecule has 0 saturated carbocycles. The summed E-state index contributed by atoms with van der Waals surface area (Å²) in [6, 6.07) is 6.48. The maximum atomic E-state index is 12.3. The third-order valence-electron chi connectivity index (χ3n) is 4.37. The molecule has 2 aromatic heterocycles. The van der Waals surface area contributed by atoms with Crippen LogP contribution in [-0.2, 0) is 24.2 Å². The van der Waals surface area contributed by atoms with Gasteiger partial charge in [-0.25, -0.2) is 0 Å². The van der Waals surface area contributed by atoms with Crippen LogP contribution in [0.1, 0.15) is 40.1 Å². The zero-order valence-corrected chi connectivity index (χ0v) is 15.5. The van der Waals surface area contributed by atoms with Crippen molar-refractivity contribution in [1.82, 2.24) is 0 Å². The van der Waals surface area contributed by atoms with E-state index in [-0.39, 0.29) is 5.91 Å². The van der Waals surface area contributed by atoms with Gasteiger partial charge < -0.3 is 10.2 Å². The molecule has 126 valence electrons. The largest absolute Gasteiger partial charge is 0.333 e. The van der Waals surface area contributed by atoms with Crippen molar-refractivity contribution in [2.45, 2.75) is 38.6 Å². The van der Waals surface area contributed by atoms with Crippen molar-refractivity contribution in [3.05, 3.63) is 38.4 Å². The summed E-state index contributed by atoms with van der Waals surface area (Å²) in [5, 5.41) is 15.3. The smallest absolute Gasteiger partial charge is 0.230 e. The third-order valence-corrected chi connectivity index (χ3v) is 6.45. The van der Waals surface area contributed by atoms with Gasteiger partial charge in [0.25, 0.3) is 0 Å². The minimum Gasteiger partial charge on any atom is -0.333 e. The number of nitriles is 1. The Hall–Kier alpha value is -1.68. The highest BCUT2D eigenvalue weighted by atomic mass is 32.1. The van der Waals surface area contributed by atoms with Gasteiger partial charge in [-0.15, -0.1) is 22.7 Å².